The summed E-state index contributed by atoms with van der Waals surface area (Å²) in [6, 6.07) is 16.3. The highest BCUT2D eigenvalue weighted by Gasteiger charge is 2.33. The van der Waals surface area contributed by atoms with Crippen molar-refractivity contribution >= 4 is 18.0 Å². The monoisotopic (exact) mass is 466 g/mol. The maximum absolute atomic E-state index is 13.0. The Hall–Kier alpha value is -3.35. The third-order valence-corrected chi connectivity index (χ3v) is 6.14. The number of fused-ring (bicyclic) bond motifs is 3. The predicted octanol–water partition coefficient (Wildman–Crippen LogP) is 4.51. The summed E-state index contributed by atoms with van der Waals surface area (Å²) >= 11 is 0. The van der Waals surface area contributed by atoms with Crippen molar-refractivity contribution in [3.8, 4) is 11.1 Å². The summed E-state index contributed by atoms with van der Waals surface area (Å²) in [5.41, 5.74) is 3.80. The molecule has 0 saturated heterocycles. The molecule has 7 heteroatoms. The number of alkyl carbamates (subject to hydrolysis) is 1. The molecule has 0 atom stereocenters. The molecule has 1 aliphatic carbocycles. The lowest BCUT2D eigenvalue weighted by Crippen LogP contribution is -2.46. The highest BCUT2D eigenvalue weighted by molar-refractivity contribution is 5.85. The topological polar surface area (TPSA) is 95.9 Å². The van der Waals surface area contributed by atoms with Gasteiger partial charge in [-0.15, -0.1) is 0 Å². The number of aliphatic carboxylic acids is 1. The summed E-state index contributed by atoms with van der Waals surface area (Å²) in [4.78, 5) is 37.9. The number of carbonyl (C=O) groups is 3. The Kier molecular flexibility index (Phi) is 7.97. The number of benzene rings is 2. The van der Waals surface area contributed by atoms with Crippen molar-refractivity contribution in [3.63, 3.8) is 0 Å². The zero-order chi connectivity index (χ0) is 24.9. The van der Waals surface area contributed by atoms with Crippen molar-refractivity contribution < 1.29 is 24.2 Å². The SMILES string of the molecule is CC(C)CN(CC(=O)O)C(=O)C(C)(C)CCNC(=O)OCC1c2ccccc2-c2ccccc21. The molecular formula is C27H34N2O5. The zero-order valence-electron chi connectivity index (χ0n) is 20.3. The second kappa shape index (κ2) is 10.7. The van der Waals surface area contributed by atoms with E-state index in [9.17, 15) is 14.4 Å². The molecule has 0 radical (unpaired) electrons. The van der Waals surface area contributed by atoms with E-state index in [4.69, 9.17) is 9.84 Å². The second-order valence-corrected chi connectivity index (χ2v) is 9.86. The lowest BCUT2D eigenvalue weighted by molar-refractivity contribution is -0.149. The van der Waals surface area contributed by atoms with Crippen LogP contribution in [-0.2, 0) is 14.3 Å². The van der Waals surface area contributed by atoms with Gasteiger partial charge >= 0.3 is 12.1 Å². The van der Waals surface area contributed by atoms with Gasteiger partial charge in [-0.25, -0.2) is 4.79 Å². The molecular weight excluding hydrogens is 432 g/mol. The van der Waals surface area contributed by atoms with Crippen LogP contribution in [0, 0.1) is 11.3 Å². The van der Waals surface area contributed by atoms with E-state index in [0.717, 1.165) is 11.1 Å². The Morgan fingerprint density at radius 2 is 1.59 bits per heavy atom. The molecule has 1 aliphatic rings. The van der Waals surface area contributed by atoms with E-state index in [1.165, 1.54) is 16.0 Å². The number of carbonyl (C=O) groups excluding carboxylic acids is 2. The molecule has 2 N–H and O–H groups in total. The normalized spacial score (nSPS) is 12.7. The quantitative estimate of drug-likeness (QED) is 0.537. The van der Waals surface area contributed by atoms with Gasteiger partial charge in [-0.2, -0.15) is 0 Å². The fourth-order valence-electron chi connectivity index (χ4n) is 4.48. The van der Waals surface area contributed by atoms with Gasteiger partial charge in [0.25, 0.3) is 0 Å². The van der Waals surface area contributed by atoms with Crippen LogP contribution in [0.4, 0.5) is 4.79 Å². The van der Waals surface area contributed by atoms with Gasteiger partial charge in [-0.3, -0.25) is 9.59 Å². The van der Waals surface area contributed by atoms with Crippen LogP contribution in [0.1, 0.15) is 51.2 Å². The molecule has 2 aromatic carbocycles. The molecule has 2 amide bonds. The Bertz CT molecular complexity index is 1000. The summed E-state index contributed by atoms with van der Waals surface area (Å²) in [6.07, 6.45) is -0.167. The smallest absolute Gasteiger partial charge is 0.407 e. The van der Waals surface area contributed by atoms with E-state index >= 15 is 0 Å². The predicted molar refractivity (Wildman–Crippen MR) is 131 cm³/mol. The van der Waals surface area contributed by atoms with Gasteiger partial charge in [0.1, 0.15) is 13.2 Å². The first kappa shape index (κ1) is 25.3. The van der Waals surface area contributed by atoms with Crippen LogP contribution in [0.3, 0.4) is 0 Å². The Labute approximate surface area is 201 Å². The number of nitrogens with one attached hydrogen (secondary N) is 1. The van der Waals surface area contributed by atoms with Crippen molar-refractivity contribution in [2.75, 3.05) is 26.2 Å². The molecule has 0 spiro atoms. The number of nitrogens with zero attached hydrogens (tertiary/aromatic N) is 1. The number of carboxylic acids is 1. The minimum absolute atomic E-state index is 0.0169. The maximum Gasteiger partial charge on any atom is 0.407 e. The fraction of sp³-hybridized carbons (Fsp3) is 0.444. The molecule has 182 valence electrons. The second-order valence-electron chi connectivity index (χ2n) is 9.86. The van der Waals surface area contributed by atoms with Crippen molar-refractivity contribution in [2.24, 2.45) is 11.3 Å². The standard InChI is InChI=1S/C27H34N2O5/c1-18(2)15-29(16-24(30)31)25(32)27(3,4)13-14-28-26(33)34-17-23-21-11-7-5-9-19(21)20-10-6-8-12-22(20)23/h5-12,18,23H,13-17H2,1-4H3,(H,28,33)(H,30,31). The van der Waals surface area contributed by atoms with Crippen LogP contribution in [0.2, 0.25) is 0 Å². The van der Waals surface area contributed by atoms with E-state index < -0.39 is 17.5 Å². The van der Waals surface area contributed by atoms with Crippen molar-refractivity contribution in [2.45, 2.75) is 40.0 Å². The van der Waals surface area contributed by atoms with Gasteiger partial charge in [0.15, 0.2) is 0 Å². The summed E-state index contributed by atoms with van der Waals surface area (Å²) in [6.45, 7) is 7.92. The zero-order valence-corrected chi connectivity index (χ0v) is 20.3. The molecule has 3 rings (SSSR count). The first-order valence-electron chi connectivity index (χ1n) is 11.7. The van der Waals surface area contributed by atoms with Crippen LogP contribution in [-0.4, -0.2) is 54.2 Å². The van der Waals surface area contributed by atoms with E-state index in [0.29, 0.717) is 13.0 Å². The van der Waals surface area contributed by atoms with Crippen LogP contribution < -0.4 is 5.32 Å². The number of ether oxygens (including phenoxy) is 1. The van der Waals surface area contributed by atoms with Gasteiger partial charge in [0.05, 0.1) is 0 Å². The molecule has 0 aliphatic heterocycles. The molecule has 0 fully saturated rings. The fourth-order valence-corrected chi connectivity index (χ4v) is 4.48. The van der Waals surface area contributed by atoms with Crippen LogP contribution >= 0.6 is 0 Å². The number of rotatable bonds is 10. The number of amides is 2. The van der Waals surface area contributed by atoms with E-state index in [-0.39, 0.29) is 37.4 Å². The summed E-state index contributed by atoms with van der Waals surface area (Å²) in [5, 5.41) is 11.9. The molecule has 34 heavy (non-hydrogen) atoms. The average Bonchev–Trinajstić information content (AvgIpc) is 3.10. The molecule has 0 bridgehead atoms. The van der Waals surface area contributed by atoms with E-state index in [2.05, 4.69) is 29.6 Å². The lowest BCUT2D eigenvalue weighted by atomic mass is 9.87. The first-order valence-corrected chi connectivity index (χ1v) is 11.7. The molecule has 0 heterocycles. The summed E-state index contributed by atoms with van der Waals surface area (Å²) in [5.74, 6) is -1.14. The van der Waals surface area contributed by atoms with Crippen molar-refractivity contribution in [1.29, 1.82) is 0 Å². The lowest BCUT2D eigenvalue weighted by Gasteiger charge is -2.32. The Balaban J connectivity index is 1.53. The van der Waals surface area contributed by atoms with E-state index in [1.807, 2.05) is 38.1 Å². The maximum atomic E-state index is 13.0. The molecule has 2 aromatic rings. The highest BCUT2D eigenvalue weighted by Crippen LogP contribution is 2.44. The van der Waals surface area contributed by atoms with Crippen LogP contribution in [0.15, 0.2) is 48.5 Å². The molecule has 0 aromatic heterocycles. The number of carboxylic acid groups (broad SMARTS) is 1. The molecule has 0 saturated carbocycles. The largest absolute Gasteiger partial charge is 0.480 e. The van der Waals surface area contributed by atoms with Crippen LogP contribution in [0.5, 0.6) is 0 Å². The summed E-state index contributed by atoms with van der Waals surface area (Å²) < 4.78 is 5.54. The third-order valence-electron chi connectivity index (χ3n) is 6.14. The average molecular weight is 467 g/mol. The minimum Gasteiger partial charge on any atom is -0.480 e. The van der Waals surface area contributed by atoms with Crippen molar-refractivity contribution in [1.82, 2.24) is 10.2 Å². The Morgan fingerprint density at radius 3 is 2.12 bits per heavy atom. The molecule has 7 nitrogen and oxygen atoms in total. The van der Waals surface area contributed by atoms with E-state index in [1.54, 1.807) is 13.8 Å². The van der Waals surface area contributed by atoms with Crippen LogP contribution in [0.25, 0.3) is 11.1 Å². The number of hydrogen-bond acceptors (Lipinski definition) is 4. The minimum atomic E-state index is -1.04. The van der Waals surface area contributed by atoms with Gasteiger partial charge in [0, 0.05) is 24.4 Å². The van der Waals surface area contributed by atoms with Crippen molar-refractivity contribution in [3.05, 3.63) is 59.7 Å². The van der Waals surface area contributed by atoms with Gasteiger partial charge in [-0.1, -0.05) is 76.2 Å². The van der Waals surface area contributed by atoms with Gasteiger partial charge < -0.3 is 20.1 Å². The third kappa shape index (κ3) is 5.95. The highest BCUT2D eigenvalue weighted by atomic mass is 16.5. The Morgan fingerprint density at radius 1 is 1.03 bits per heavy atom. The number of hydrogen-bond donors (Lipinski definition) is 2. The summed E-state index contributed by atoms with van der Waals surface area (Å²) in [7, 11) is 0. The first-order chi connectivity index (χ1) is 16.1. The van der Waals surface area contributed by atoms with Gasteiger partial charge in [-0.05, 0) is 34.6 Å². The molecule has 0 unspecified atom stereocenters. The van der Waals surface area contributed by atoms with Gasteiger partial charge in [0.2, 0.25) is 5.91 Å².